The van der Waals surface area contributed by atoms with Crippen LogP contribution in [0.15, 0.2) is 30.3 Å². The van der Waals surface area contributed by atoms with Crippen LogP contribution in [0.5, 0.6) is 0 Å². The summed E-state index contributed by atoms with van der Waals surface area (Å²) >= 11 is 0. The molecule has 3 nitrogen and oxygen atoms in total. The topological polar surface area (TPSA) is 38.3 Å². The van der Waals surface area contributed by atoms with E-state index in [4.69, 9.17) is 4.74 Å². The highest BCUT2D eigenvalue weighted by Gasteiger charge is 2.19. The fourth-order valence-electron chi connectivity index (χ4n) is 1.82. The summed E-state index contributed by atoms with van der Waals surface area (Å²) in [4.78, 5) is 12.0. The third kappa shape index (κ3) is 6.60. The summed E-state index contributed by atoms with van der Waals surface area (Å²) in [5, 5.41) is 3.22. The molecule has 0 fully saturated rings. The van der Waals surface area contributed by atoms with E-state index < -0.39 is 0 Å². The Bertz CT molecular complexity index is 354. The van der Waals surface area contributed by atoms with Gasteiger partial charge >= 0.3 is 5.97 Å². The molecule has 108 valence electrons. The molecule has 1 atom stereocenters. The largest absolute Gasteiger partial charge is 0.464 e. The average Bonchev–Trinajstić information content (AvgIpc) is 2.36. The predicted octanol–water partition coefficient (Wildman–Crippen LogP) is 3.14. The van der Waals surface area contributed by atoms with E-state index in [0.29, 0.717) is 19.2 Å². The molecule has 0 aromatic heterocycles. The molecule has 1 N–H and O–H groups in total. The molecule has 0 aliphatic carbocycles. The summed E-state index contributed by atoms with van der Waals surface area (Å²) in [5.41, 5.74) is 1.03. The van der Waals surface area contributed by atoms with Crippen LogP contribution in [0.1, 0.15) is 38.7 Å². The van der Waals surface area contributed by atoms with Gasteiger partial charge in [-0.2, -0.15) is 0 Å². The molecule has 0 radical (unpaired) electrons. The minimum Gasteiger partial charge on any atom is -0.464 e. The molecule has 19 heavy (non-hydrogen) atoms. The van der Waals surface area contributed by atoms with Gasteiger partial charge in [-0.15, -0.1) is 12.4 Å². The number of hydrogen-bond donors (Lipinski definition) is 1. The van der Waals surface area contributed by atoms with Crippen molar-refractivity contribution in [2.75, 3.05) is 13.2 Å². The van der Waals surface area contributed by atoms with Gasteiger partial charge in [0, 0.05) is 12.6 Å². The first kappa shape index (κ1) is 17.9. The predicted molar refractivity (Wildman–Crippen MR) is 80.8 cm³/mol. The fourth-order valence-corrected chi connectivity index (χ4v) is 1.82. The van der Waals surface area contributed by atoms with Gasteiger partial charge in [0.05, 0.1) is 5.92 Å². The van der Waals surface area contributed by atoms with E-state index in [-0.39, 0.29) is 24.3 Å². The Morgan fingerprint density at radius 3 is 2.42 bits per heavy atom. The van der Waals surface area contributed by atoms with Crippen LogP contribution in [-0.4, -0.2) is 25.2 Å². The minimum atomic E-state index is -0.148. The lowest BCUT2D eigenvalue weighted by atomic mass is 9.97. The fraction of sp³-hybridized carbons (Fsp3) is 0.533. The second-order valence-corrected chi connectivity index (χ2v) is 4.65. The van der Waals surface area contributed by atoms with E-state index in [1.54, 1.807) is 0 Å². The summed E-state index contributed by atoms with van der Waals surface area (Å²) < 4.78 is 5.30. The van der Waals surface area contributed by atoms with Gasteiger partial charge in [0.2, 0.25) is 0 Å². The van der Waals surface area contributed by atoms with Crippen molar-refractivity contribution in [3.8, 4) is 0 Å². The Hall–Kier alpha value is -1.06. The van der Waals surface area contributed by atoms with Crippen molar-refractivity contribution in [1.82, 2.24) is 5.32 Å². The van der Waals surface area contributed by atoms with Crippen molar-refractivity contribution >= 4 is 18.4 Å². The van der Waals surface area contributed by atoms with Crippen molar-refractivity contribution in [2.24, 2.45) is 0 Å². The third-order valence-electron chi connectivity index (χ3n) is 2.79. The number of rotatable bonds is 7. The Labute approximate surface area is 122 Å². The van der Waals surface area contributed by atoms with Gasteiger partial charge in [-0.1, -0.05) is 51.1 Å². The summed E-state index contributed by atoms with van der Waals surface area (Å²) in [7, 11) is 0. The van der Waals surface area contributed by atoms with Gasteiger partial charge in [0.1, 0.15) is 6.61 Å². The van der Waals surface area contributed by atoms with Crippen LogP contribution in [0.25, 0.3) is 0 Å². The van der Waals surface area contributed by atoms with Crippen molar-refractivity contribution in [1.29, 1.82) is 0 Å². The highest BCUT2D eigenvalue weighted by molar-refractivity contribution is 5.85. The minimum absolute atomic E-state index is 0. The molecule has 0 amide bonds. The van der Waals surface area contributed by atoms with Crippen LogP contribution in [-0.2, 0) is 9.53 Å². The lowest BCUT2D eigenvalue weighted by Crippen LogP contribution is -2.28. The number of nitrogens with one attached hydrogen (secondary N) is 1. The van der Waals surface area contributed by atoms with Gasteiger partial charge in [-0.05, 0) is 12.0 Å². The quantitative estimate of drug-likeness (QED) is 0.618. The normalized spacial score (nSPS) is 11.8. The van der Waals surface area contributed by atoms with Crippen LogP contribution in [0.2, 0.25) is 0 Å². The highest BCUT2D eigenvalue weighted by Crippen LogP contribution is 2.20. The Balaban J connectivity index is 0.00000324. The van der Waals surface area contributed by atoms with E-state index in [9.17, 15) is 4.79 Å². The van der Waals surface area contributed by atoms with Crippen LogP contribution in [0, 0.1) is 0 Å². The first-order chi connectivity index (χ1) is 8.65. The SMILES string of the molecule is CCC(C(=O)OCCNC(C)C)c1ccccc1.Cl. The molecule has 1 aromatic carbocycles. The number of carbonyl (C=O) groups is 1. The molecule has 1 aromatic rings. The number of halogens is 1. The summed E-state index contributed by atoms with van der Waals surface area (Å²) in [6, 6.07) is 10.2. The van der Waals surface area contributed by atoms with Gasteiger partial charge in [-0.3, -0.25) is 4.79 Å². The van der Waals surface area contributed by atoms with Crippen molar-refractivity contribution in [2.45, 2.75) is 39.2 Å². The molecule has 4 heteroatoms. The Morgan fingerprint density at radius 2 is 1.89 bits per heavy atom. The second-order valence-electron chi connectivity index (χ2n) is 4.65. The van der Waals surface area contributed by atoms with Crippen molar-refractivity contribution < 1.29 is 9.53 Å². The number of carbonyl (C=O) groups excluding carboxylic acids is 1. The molecule has 0 saturated carbocycles. The van der Waals surface area contributed by atoms with Crippen molar-refractivity contribution in [3.05, 3.63) is 35.9 Å². The van der Waals surface area contributed by atoms with Crippen LogP contribution < -0.4 is 5.32 Å². The number of ether oxygens (including phenoxy) is 1. The molecule has 0 aliphatic rings. The van der Waals surface area contributed by atoms with E-state index in [2.05, 4.69) is 19.2 Å². The molecule has 0 aliphatic heterocycles. The van der Waals surface area contributed by atoms with E-state index >= 15 is 0 Å². The number of hydrogen-bond acceptors (Lipinski definition) is 3. The van der Waals surface area contributed by atoms with Crippen LogP contribution in [0.4, 0.5) is 0 Å². The molecule has 1 unspecified atom stereocenters. The van der Waals surface area contributed by atoms with E-state index in [1.807, 2.05) is 37.3 Å². The molecule has 0 spiro atoms. The summed E-state index contributed by atoms with van der Waals surface area (Å²) in [6.45, 7) is 7.28. The zero-order valence-electron chi connectivity index (χ0n) is 11.9. The molecule has 0 saturated heterocycles. The molecular formula is C15H24ClNO2. The molecule has 0 bridgehead atoms. The smallest absolute Gasteiger partial charge is 0.313 e. The monoisotopic (exact) mass is 285 g/mol. The lowest BCUT2D eigenvalue weighted by molar-refractivity contribution is -0.145. The van der Waals surface area contributed by atoms with Crippen LogP contribution >= 0.6 is 12.4 Å². The first-order valence-corrected chi connectivity index (χ1v) is 6.60. The maximum absolute atomic E-state index is 12.0. The third-order valence-corrected chi connectivity index (χ3v) is 2.79. The highest BCUT2D eigenvalue weighted by atomic mass is 35.5. The first-order valence-electron chi connectivity index (χ1n) is 6.60. The van der Waals surface area contributed by atoms with Gasteiger partial charge < -0.3 is 10.1 Å². The second kappa shape index (κ2) is 9.82. The number of benzene rings is 1. The maximum Gasteiger partial charge on any atom is 0.313 e. The molecule has 1 rings (SSSR count). The van der Waals surface area contributed by atoms with E-state index in [0.717, 1.165) is 12.0 Å². The Morgan fingerprint density at radius 1 is 1.26 bits per heavy atom. The standard InChI is InChI=1S/C15H23NO2.ClH/c1-4-14(13-8-6-5-7-9-13)15(17)18-11-10-16-12(2)3;/h5-9,12,14,16H,4,10-11H2,1-3H3;1H. The average molecular weight is 286 g/mol. The summed E-state index contributed by atoms with van der Waals surface area (Å²) in [5.74, 6) is -0.278. The zero-order chi connectivity index (χ0) is 13.4. The Kier molecular flexibility index (Phi) is 9.27. The van der Waals surface area contributed by atoms with Gasteiger partial charge in [0.25, 0.3) is 0 Å². The zero-order valence-corrected chi connectivity index (χ0v) is 12.7. The maximum atomic E-state index is 12.0. The lowest BCUT2D eigenvalue weighted by Gasteiger charge is -2.15. The van der Waals surface area contributed by atoms with Crippen molar-refractivity contribution in [3.63, 3.8) is 0 Å². The van der Waals surface area contributed by atoms with E-state index in [1.165, 1.54) is 0 Å². The van der Waals surface area contributed by atoms with Crippen LogP contribution in [0.3, 0.4) is 0 Å². The van der Waals surface area contributed by atoms with Gasteiger partial charge in [0.15, 0.2) is 0 Å². The molecular weight excluding hydrogens is 262 g/mol. The molecule has 0 heterocycles. The summed E-state index contributed by atoms with van der Waals surface area (Å²) in [6.07, 6.45) is 0.764. The number of esters is 1. The van der Waals surface area contributed by atoms with Gasteiger partial charge in [-0.25, -0.2) is 0 Å².